The summed E-state index contributed by atoms with van der Waals surface area (Å²) >= 11 is 5.93. The van der Waals surface area contributed by atoms with Gasteiger partial charge in [-0.2, -0.15) is 4.99 Å². The summed E-state index contributed by atoms with van der Waals surface area (Å²) in [4.78, 5) is 38.6. The van der Waals surface area contributed by atoms with E-state index < -0.39 is 11.9 Å². The van der Waals surface area contributed by atoms with Gasteiger partial charge < -0.3 is 10.1 Å². The van der Waals surface area contributed by atoms with Crippen molar-refractivity contribution in [3.63, 3.8) is 0 Å². The maximum absolute atomic E-state index is 12.8. The minimum Gasteiger partial charge on any atom is -0.466 e. The van der Waals surface area contributed by atoms with Crippen LogP contribution in [0.2, 0.25) is 5.02 Å². The molecule has 0 aliphatic carbocycles. The number of carbonyl (C=O) groups is 2. The lowest BCUT2D eigenvalue weighted by Gasteiger charge is -2.15. The molecule has 0 atom stereocenters. The van der Waals surface area contributed by atoms with Gasteiger partial charge in [-0.05, 0) is 44.2 Å². The van der Waals surface area contributed by atoms with Crippen LogP contribution in [0.4, 0.5) is 11.6 Å². The maximum atomic E-state index is 12.8. The molecular weight excluding hydrogens is 370 g/mol. The first-order chi connectivity index (χ1) is 12.9. The normalized spacial score (nSPS) is 16.7. The van der Waals surface area contributed by atoms with Crippen LogP contribution in [0.3, 0.4) is 0 Å². The number of halogens is 1. The van der Waals surface area contributed by atoms with Gasteiger partial charge in [-0.15, -0.1) is 0 Å². The number of aromatic nitrogens is 2. The van der Waals surface area contributed by atoms with E-state index in [1.54, 1.807) is 24.3 Å². The predicted molar refractivity (Wildman–Crippen MR) is 101 cm³/mol. The molecule has 8 nitrogen and oxygen atoms in total. The van der Waals surface area contributed by atoms with E-state index in [0.717, 1.165) is 17.5 Å². The fourth-order valence-electron chi connectivity index (χ4n) is 2.48. The highest BCUT2D eigenvalue weighted by Crippen LogP contribution is 2.24. The third-order valence-electron chi connectivity index (χ3n) is 3.62. The van der Waals surface area contributed by atoms with Crippen molar-refractivity contribution in [3.8, 4) is 0 Å². The zero-order chi connectivity index (χ0) is 19.6. The Morgan fingerprint density at radius 3 is 2.44 bits per heavy atom. The number of methoxy groups -OCH3 is 1. The number of hydrogen-bond acceptors (Lipinski definition) is 6. The topological polar surface area (TPSA) is 96.8 Å². The predicted octanol–water partition coefficient (Wildman–Crippen LogP) is 2.43. The first-order valence-electron chi connectivity index (χ1n) is 7.95. The molecule has 9 heteroatoms. The Labute approximate surface area is 160 Å². The summed E-state index contributed by atoms with van der Waals surface area (Å²) in [7, 11) is 1.23. The average molecular weight is 386 g/mol. The van der Waals surface area contributed by atoms with Crippen LogP contribution in [0.25, 0.3) is 0 Å². The SMILES string of the molecule is COC(=O)C=C1N/C(=N\c2nc(C)cc(C)n2)N(c2ccc(Cl)cc2)C1=O. The van der Waals surface area contributed by atoms with Crippen LogP contribution in [0.15, 0.2) is 47.1 Å². The molecule has 1 fully saturated rings. The fraction of sp³-hybridized carbons (Fsp3) is 0.167. The van der Waals surface area contributed by atoms with Crippen molar-refractivity contribution in [1.82, 2.24) is 15.3 Å². The highest BCUT2D eigenvalue weighted by Gasteiger charge is 2.34. The van der Waals surface area contributed by atoms with Crippen molar-refractivity contribution in [1.29, 1.82) is 0 Å². The summed E-state index contributed by atoms with van der Waals surface area (Å²) in [5.41, 5.74) is 2.04. The van der Waals surface area contributed by atoms with Gasteiger partial charge in [-0.1, -0.05) is 11.6 Å². The van der Waals surface area contributed by atoms with Crippen molar-refractivity contribution >= 4 is 41.1 Å². The number of nitrogens with zero attached hydrogens (tertiary/aromatic N) is 4. The first kappa shape index (κ1) is 18.5. The summed E-state index contributed by atoms with van der Waals surface area (Å²) in [6, 6.07) is 8.45. The Balaban J connectivity index is 2.08. The van der Waals surface area contributed by atoms with Crippen LogP contribution < -0.4 is 10.2 Å². The van der Waals surface area contributed by atoms with Gasteiger partial charge in [0.25, 0.3) is 11.9 Å². The molecule has 1 saturated heterocycles. The van der Waals surface area contributed by atoms with Crippen molar-refractivity contribution in [3.05, 3.63) is 58.5 Å². The van der Waals surface area contributed by atoms with Crippen LogP contribution in [0, 0.1) is 13.8 Å². The monoisotopic (exact) mass is 385 g/mol. The average Bonchev–Trinajstić information content (AvgIpc) is 2.90. The number of aryl methyl sites for hydroxylation is 2. The van der Waals surface area contributed by atoms with Gasteiger partial charge in [0, 0.05) is 16.4 Å². The highest BCUT2D eigenvalue weighted by molar-refractivity contribution is 6.31. The molecule has 2 aromatic rings. The molecule has 3 rings (SSSR count). The number of guanidine groups is 1. The molecule has 0 radical (unpaired) electrons. The number of benzene rings is 1. The van der Waals surface area contributed by atoms with Gasteiger partial charge in [0.05, 0.1) is 18.9 Å². The summed E-state index contributed by atoms with van der Waals surface area (Å²) in [5, 5.41) is 3.36. The molecule has 0 bridgehead atoms. The first-order valence-corrected chi connectivity index (χ1v) is 8.33. The molecule has 0 spiro atoms. The molecular formula is C18H16ClN5O3. The quantitative estimate of drug-likeness (QED) is 0.643. The van der Waals surface area contributed by atoms with Crippen molar-refractivity contribution in [2.45, 2.75) is 13.8 Å². The van der Waals surface area contributed by atoms with E-state index in [1.165, 1.54) is 12.0 Å². The Bertz CT molecular complexity index is 949. The molecule has 1 aliphatic heterocycles. The van der Waals surface area contributed by atoms with Gasteiger partial charge in [-0.3, -0.25) is 4.79 Å². The summed E-state index contributed by atoms with van der Waals surface area (Å²) in [6.45, 7) is 3.65. The number of carbonyl (C=O) groups excluding carboxylic acids is 2. The van der Waals surface area contributed by atoms with Crippen LogP contribution >= 0.6 is 11.6 Å². The molecule has 1 aliphatic rings. The molecule has 1 aromatic heterocycles. The van der Waals surface area contributed by atoms with Gasteiger partial charge in [0.15, 0.2) is 0 Å². The summed E-state index contributed by atoms with van der Waals surface area (Å²) in [5.74, 6) is -0.764. The molecule has 2 heterocycles. The van der Waals surface area contributed by atoms with E-state index in [2.05, 4.69) is 25.0 Å². The van der Waals surface area contributed by atoms with Crippen LogP contribution in [-0.2, 0) is 14.3 Å². The lowest BCUT2D eigenvalue weighted by molar-refractivity contribution is -0.135. The van der Waals surface area contributed by atoms with Gasteiger partial charge in [-0.25, -0.2) is 19.7 Å². The van der Waals surface area contributed by atoms with Crippen LogP contribution in [0.1, 0.15) is 11.4 Å². The zero-order valence-corrected chi connectivity index (χ0v) is 15.6. The smallest absolute Gasteiger partial charge is 0.332 e. The van der Waals surface area contributed by atoms with E-state index in [-0.39, 0.29) is 17.6 Å². The molecule has 1 N–H and O–H groups in total. The summed E-state index contributed by atoms with van der Waals surface area (Å²) < 4.78 is 4.59. The second-order valence-corrected chi connectivity index (χ2v) is 6.15. The number of esters is 1. The Kier molecular flexibility index (Phi) is 5.18. The number of hydrogen-bond donors (Lipinski definition) is 1. The zero-order valence-electron chi connectivity index (χ0n) is 14.9. The van der Waals surface area contributed by atoms with E-state index in [1.807, 2.05) is 19.9 Å². The minimum absolute atomic E-state index is 0.0277. The standard InChI is InChI=1S/C18H16ClN5O3/c1-10-8-11(2)21-17(20-10)23-18-22-14(9-15(25)27-3)16(26)24(18)13-6-4-12(19)5-7-13/h4-9H,1-3H3,(H,20,21,22,23). The number of nitrogens with one attached hydrogen (secondary N) is 1. The number of anilines is 1. The second-order valence-electron chi connectivity index (χ2n) is 5.71. The second kappa shape index (κ2) is 7.55. The summed E-state index contributed by atoms with van der Waals surface area (Å²) in [6.07, 6.45) is 1.07. The minimum atomic E-state index is -0.661. The van der Waals surface area contributed by atoms with Gasteiger partial charge >= 0.3 is 5.97 Å². The molecule has 0 unspecified atom stereocenters. The third-order valence-corrected chi connectivity index (χ3v) is 3.87. The number of ether oxygens (including phenoxy) is 1. The fourth-order valence-corrected chi connectivity index (χ4v) is 2.61. The van der Waals surface area contributed by atoms with Gasteiger partial charge in [0.1, 0.15) is 5.70 Å². The highest BCUT2D eigenvalue weighted by atomic mass is 35.5. The van der Waals surface area contributed by atoms with Crippen molar-refractivity contribution in [2.24, 2.45) is 4.99 Å². The molecule has 138 valence electrons. The van der Waals surface area contributed by atoms with E-state index in [0.29, 0.717) is 10.7 Å². The molecule has 1 aromatic carbocycles. The Morgan fingerprint density at radius 2 is 1.85 bits per heavy atom. The maximum Gasteiger partial charge on any atom is 0.332 e. The van der Waals surface area contributed by atoms with Crippen LogP contribution in [0.5, 0.6) is 0 Å². The Hall–Kier alpha value is -3.26. The number of amides is 1. The van der Waals surface area contributed by atoms with Gasteiger partial charge in [0.2, 0.25) is 5.96 Å². The molecule has 27 heavy (non-hydrogen) atoms. The lowest BCUT2D eigenvalue weighted by Crippen LogP contribution is -2.32. The third kappa shape index (κ3) is 4.12. The lowest BCUT2D eigenvalue weighted by atomic mass is 10.3. The van der Waals surface area contributed by atoms with E-state index in [9.17, 15) is 9.59 Å². The molecule has 1 amide bonds. The van der Waals surface area contributed by atoms with E-state index in [4.69, 9.17) is 11.6 Å². The van der Waals surface area contributed by atoms with Crippen molar-refractivity contribution in [2.75, 3.05) is 12.0 Å². The molecule has 0 saturated carbocycles. The number of aliphatic imine (C=N–C) groups is 1. The largest absolute Gasteiger partial charge is 0.466 e. The van der Waals surface area contributed by atoms with E-state index >= 15 is 0 Å². The number of rotatable bonds is 3. The Morgan fingerprint density at radius 1 is 1.22 bits per heavy atom. The van der Waals surface area contributed by atoms with Crippen molar-refractivity contribution < 1.29 is 14.3 Å². The van der Waals surface area contributed by atoms with Crippen LogP contribution in [-0.4, -0.2) is 34.9 Å².